The zero-order valence-electron chi connectivity index (χ0n) is 22.4. The molecule has 3 aliphatic rings. The first kappa shape index (κ1) is 26.3. The number of para-hydroxylation sites is 1. The van der Waals surface area contributed by atoms with Crippen molar-refractivity contribution in [3.8, 4) is 5.75 Å². The van der Waals surface area contributed by atoms with Crippen LogP contribution >= 0.6 is 0 Å². The zero-order valence-corrected chi connectivity index (χ0v) is 22.4. The summed E-state index contributed by atoms with van der Waals surface area (Å²) in [6.07, 6.45) is 6.52. The van der Waals surface area contributed by atoms with Crippen LogP contribution in [0.5, 0.6) is 5.75 Å². The molecule has 1 spiro atoms. The smallest absolute Gasteiger partial charge is 0.260 e. The van der Waals surface area contributed by atoms with E-state index in [9.17, 15) is 14.4 Å². The van der Waals surface area contributed by atoms with Crippen LogP contribution < -0.4 is 10.1 Å². The van der Waals surface area contributed by atoms with Crippen molar-refractivity contribution < 1.29 is 19.1 Å². The summed E-state index contributed by atoms with van der Waals surface area (Å²) in [7, 11) is 0. The number of ether oxygens (including phenoxy) is 1. The molecule has 0 bridgehead atoms. The number of piperidine rings is 1. The average Bonchev–Trinajstić information content (AvgIpc) is 3.36. The fourth-order valence-electron chi connectivity index (χ4n) is 6.39. The standard InChI is InChI=1S/C31H39N3O4/c1-23-9-5-8-14-27(23)38-21-28(35)33-18-15-31(16-19-33)17-20-34(22-31)30(37)25-12-6-7-13-26(25)32-29(36)24-10-3-2-4-11-24/h2-5,8-11,14,25-26H,6-7,12-13,15-22H2,1H3,(H,32,36). The minimum atomic E-state index is -0.160. The van der Waals surface area contributed by atoms with Gasteiger partial charge in [0, 0.05) is 37.8 Å². The Balaban J connectivity index is 1.13. The summed E-state index contributed by atoms with van der Waals surface area (Å²) >= 11 is 0. The van der Waals surface area contributed by atoms with Crippen molar-refractivity contribution in [2.24, 2.45) is 11.3 Å². The van der Waals surface area contributed by atoms with Gasteiger partial charge in [-0.15, -0.1) is 0 Å². The molecule has 3 amide bonds. The molecule has 7 heteroatoms. The van der Waals surface area contributed by atoms with Crippen LogP contribution in [0.2, 0.25) is 0 Å². The number of hydrogen-bond donors (Lipinski definition) is 1. The third-order valence-electron chi connectivity index (χ3n) is 8.81. The molecule has 2 heterocycles. The predicted octanol–water partition coefficient (Wildman–Crippen LogP) is 4.20. The van der Waals surface area contributed by atoms with Crippen molar-refractivity contribution >= 4 is 17.7 Å². The summed E-state index contributed by atoms with van der Waals surface area (Å²) in [4.78, 5) is 43.2. The number of rotatable bonds is 6. The Labute approximate surface area is 225 Å². The molecule has 2 aliphatic heterocycles. The number of carbonyl (C=O) groups excluding carboxylic acids is 3. The second-order valence-electron chi connectivity index (χ2n) is 11.3. The molecule has 0 aromatic heterocycles. The molecule has 3 fully saturated rings. The van der Waals surface area contributed by atoms with E-state index in [4.69, 9.17) is 4.74 Å². The minimum absolute atomic E-state index is 0.0215. The maximum Gasteiger partial charge on any atom is 0.260 e. The molecule has 0 radical (unpaired) electrons. The second kappa shape index (κ2) is 11.6. The van der Waals surface area contributed by atoms with Gasteiger partial charge in [-0.3, -0.25) is 14.4 Å². The van der Waals surface area contributed by atoms with Gasteiger partial charge >= 0.3 is 0 Å². The van der Waals surface area contributed by atoms with Gasteiger partial charge in [-0.1, -0.05) is 49.2 Å². The Bertz CT molecular complexity index is 1140. The summed E-state index contributed by atoms with van der Waals surface area (Å²) in [6, 6.07) is 16.9. The molecule has 202 valence electrons. The summed E-state index contributed by atoms with van der Waals surface area (Å²) < 4.78 is 5.78. The zero-order chi connectivity index (χ0) is 26.5. The number of hydrogen-bond acceptors (Lipinski definition) is 4. The van der Waals surface area contributed by atoms with E-state index in [1.54, 1.807) is 0 Å². The first-order chi connectivity index (χ1) is 18.4. The van der Waals surface area contributed by atoms with Crippen LogP contribution in [0.3, 0.4) is 0 Å². The Kier molecular flexibility index (Phi) is 8.01. The van der Waals surface area contributed by atoms with Gasteiger partial charge < -0.3 is 19.9 Å². The quantitative estimate of drug-likeness (QED) is 0.623. The molecule has 1 aliphatic carbocycles. The Morgan fingerprint density at radius 3 is 2.29 bits per heavy atom. The van der Waals surface area contributed by atoms with Gasteiger partial charge in [-0.25, -0.2) is 0 Å². The molecule has 1 saturated carbocycles. The van der Waals surface area contributed by atoms with Gasteiger partial charge in [0.25, 0.3) is 11.8 Å². The van der Waals surface area contributed by atoms with E-state index in [1.807, 2.05) is 71.3 Å². The fraction of sp³-hybridized carbons (Fsp3) is 0.516. The van der Waals surface area contributed by atoms with Crippen molar-refractivity contribution in [3.05, 3.63) is 65.7 Å². The van der Waals surface area contributed by atoms with E-state index in [1.165, 1.54) is 0 Å². The molecule has 2 saturated heterocycles. The number of aryl methyl sites for hydroxylation is 1. The van der Waals surface area contributed by atoms with Gasteiger partial charge in [0.15, 0.2) is 6.61 Å². The number of nitrogens with zero attached hydrogens (tertiary/aromatic N) is 2. The van der Waals surface area contributed by atoms with Gasteiger partial charge in [0.2, 0.25) is 5.91 Å². The van der Waals surface area contributed by atoms with Crippen LogP contribution in [-0.4, -0.2) is 66.3 Å². The number of likely N-dealkylation sites (tertiary alicyclic amines) is 2. The Morgan fingerprint density at radius 2 is 1.55 bits per heavy atom. The first-order valence-corrected chi connectivity index (χ1v) is 14.1. The van der Waals surface area contributed by atoms with E-state index in [2.05, 4.69) is 5.32 Å². The summed E-state index contributed by atoms with van der Waals surface area (Å²) in [5.74, 6) is 0.696. The third kappa shape index (κ3) is 5.87. The average molecular weight is 518 g/mol. The highest BCUT2D eigenvalue weighted by atomic mass is 16.5. The van der Waals surface area contributed by atoms with Crippen molar-refractivity contribution in [1.82, 2.24) is 15.1 Å². The lowest BCUT2D eigenvalue weighted by atomic mass is 9.77. The Hall–Kier alpha value is -3.35. The van der Waals surface area contributed by atoms with Gasteiger partial charge in [-0.05, 0) is 68.2 Å². The lowest BCUT2D eigenvalue weighted by molar-refractivity contribution is -0.138. The maximum atomic E-state index is 13.7. The van der Waals surface area contributed by atoms with E-state index in [0.717, 1.165) is 69.3 Å². The van der Waals surface area contributed by atoms with E-state index in [-0.39, 0.29) is 41.7 Å². The third-order valence-corrected chi connectivity index (χ3v) is 8.81. The molecule has 38 heavy (non-hydrogen) atoms. The molecule has 2 atom stereocenters. The number of amides is 3. The van der Waals surface area contributed by atoms with Crippen LogP contribution in [0, 0.1) is 18.3 Å². The normalized spacial score (nSPS) is 22.8. The van der Waals surface area contributed by atoms with Gasteiger partial charge in [0.05, 0.1) is 5.92 Å². The highest BCUT2D eigenvalue weighted by Crippen LogP contribution is 2.41. The number of nitrogens with one attached hydrogen (secondary N) is 1. The fourth-order valence-corrected chi connectivity index (χ4v) is 6.39. The van der Waals surface area contributed by atoms with Crippen molar-refractivity contribution in [2.45, 2.75) is 57.9 Å². The highest BCUT2D eigenvalue weighted by Gasteiger charge is 2.45. The molecule has 2 unspecified atom stereocenters. The van der Waals surface area contributed by atoms with Crippen LogP contribution in [-0.2, 0) is 9.59 Å². The SMILES string of the molecule is Cc1ccccc1OCC(=O)N1CCC2(CC1)CCN(C(=O)C1CCCCC1NC(=O)c1ccccc1)C2. The van der Waals surface area contributed by atoms with Crippen molar-refractivity contribution in [2.75, 3.05) is 32.8 Å². The van der Waals surface area contributed by atoms with E-state index in [0.29, 0.717) is 18.7 Å². The van der Waals surface area contributed by atoms with Crippen LogP contribution in [0.1, 0.15) is 60.9 Å². The molecular weight excluding hydrogens is 478 g/mol. The van der Waals surface area contributed by atoms with E-state index >= 15 is 0 Å². The summed E-state index contributed by atoms with van der Waals surface area (Å²) in [5.41, 5.74) is 1.74. The molecule has 5 rings (SSSR count). The topological polar surface area (TPSA) is 79.0 Å². The molecule has 1 N–H and O–H groups in total. The predicted molar refractivity (Wildman–Crippen MR) is 146 cm³/mol. The number of benzene rings is 2. The van der Waals surface area contributed by atoms with Crippen molar-refractivity contribution in [3.63, 3.8) is 0 Å². The number of carbonyl (C=O) groups is 3. The van der Waals surface area contributed by atoms with E-state index < -0.39 is 0 Å². The molecule has 2 aromatic carbocycles. The summed E-state index contributed by atoms with van der Waals surface area (Å²) in [6.45, 7) is 4.96. The van der Waals surface area contributed by atoms with Gasteiger partial charge in [-0.2, -0.15) is 0 Å². The Morgan fingerprint density at radius 1 is 0.895 bits per heavy atom. The highest BCUT2D eigenvalue weighted by molar-refractivity contribution is 5.94. The van der Waals surface area contributed by atoms with Gasteiger partial charge in [0.1, 0.15) is 5.75 Å². The lowest BCUT2D eigenvalue weighted by Crippen LogP contribution is -2.50. The van der Waals surface area contributed by atoms with Crippen LogP contribution in [0.25, 0.3) is 0 Å². The molecular formula is C31H39N3O4. The summed E-state index contributed by atoms with van der Waals surface area (Å²) in [5, 5.41) is 3.16. The first-order valence-electron chi connectivity index (χ1n) is 14.1. The van der Waals surface area contributed by atoms with Crippen LogP contribution in [0.15, 0.2) is 54.6 Å². The second-order valence-corrected chi connectivity index (χ2v) is 11.3. The van der Waals surface area contributed by atoms with Crippen LogP contribution in [0.4, 0.5) is 0 Å². The molecule has 2 aromatic rings. The maximum absolute atomic E-state index is 13.7. The monoisotopic (exact) mass is 517 g/mol. The minimum Gasteiger partial charge on any atom is -0.484 e. The van der Waals surface area contributed by atoms with Crippen molar-refractivity contribution in [1.29, 1.82) is 0 Å². The largest absolute Gasteiger partial charge is 0.484 e. The lowest BCUT2D eigenvalue weighted by Gasteiger charge is -2.40. The molecule has 7 nitrogen and oxygen atoms in total.